The van der Waals surface area contributed by atoms with Gasteiger partial charge in [0.2, 0.25) is 0 Å². The molecule has 0 aliphatic rings. The molecule has 2 N–H and O–H groups in total. The Bertz CT molecular complexity index is 581. The van der Waals surface area contributed by atoms with Crippen molar-refractivity contribution in [2.45, 2.75) is 20.0 Å². The molecule has 0 fully saturated rings. The molecule has 2 rings (SSSR count). The maximum atomic E-state index is 4.57. The summed E-state index contributed by atoms with van der Waals surface area (Å²) in [6.45, 7) is 4.28. The summed E-state index contributed by atoms with van der Waals surface area (Å²) in [6, 6.07) is 4.09. The number of aryl methyl sites for hydroxylation is 1. The molecule has 0 unspecified atom stereocenters. The van der Waals surface area contributed by atoms with Gasteiger partial charge in [0.1, 0.15) is 0 Å². The van der Waals surface area contributed by atoms with Gasteiger partial charge in [0.05, 0.1) is 18.8 Å². The van der Waals surface area contributed by atoms with E-state index < -0.39 is 0 Å². The highest BCUT2D eigenvalue weighted by molar-refractivity contribution is 14.0. The van der Waals surface area contributed by atoms with Crippen molar-refractivity contribution in [3.8, 4) is 0 Å². The fourth-order valence-corrected chi connectivity index (χ4v) is 3.07. The van der Waals surface area contributed by atoms with Crippen LogP contribution in [-0.2, 0) is 20.1 Å². The Hall–Kier alpha value is -0.610. The van der Waals surface area contributed by atoms with E-state index in [-0.39, 0.29) is 24.0 Å². The lowest BCUT2D eigenvalue weighted by Gasteiger charge is -2.10. The van der Waals surface area contributed by atoms with Gasteiger partial charge in [-0.15, -0.1) is 35.3 Å². The summed E-state index contributed by atoms with van der Waals surface area (Å²) in [7, 11) is 1.92. The second-order valence-electron chi connectivity index (χ2n) is 4.23. The fourth-order valence-electron chi connectivity index (χ4n) is 1.68. The molecule has 8 heteroatoms. The molecule has 0 aliphatic carbocycles. The molecule has 0 aliphatic heterocycles. The highest BCUT2D eigenvalue weighted by Gasteiger charge is 2.02. The van der Waals surface area contributed by atoms with E-state index in [1.54, 1.807) is 17.5 Å². The average Bonchev–Trinajstić information content (AvgIpc) is 3.02. The zero-order chi connectivity index (χ0) is 14.4. The lowest BCUT2D eigenvalue weighted by molar-refractivity contribution is 0.707. The third-order valence-corrected chi connectivity index (χ3v) is 4.42. The minimum absolute atomic E-state index is 0. The van der Waals surface area contributed by atoms with Gasteiger partial charge in [-0.2, -0.15) is 5.10 Å². The smallest absolute Gasteiger partial charge is 0.191 e. The second kappa shape index (κ2) is 9.42. The van der Waals surface area contributed by atoms with Gasteiger partial charge in [0.15, 0.2) is 5.96 Å². The number of hydrogen-bond donors (Lipinski definition) is 2. The van der Waals surface area contributed by atoms with E-state index in [0.717, 1.165) is 29.2 Å². The molecule has 5 nitrogen and oxygen atoms in total. The number of nitrogens with zero attached hydrogens (tertiary/aromatic N) is 3. The normalized spacial score (nSPS) is 11.1. The largest absolute Gasteiger partial charge is 0.357 e. The Balaban J connectivity index is 0.00000220. The van der Waals surface area contributed by atoms with Crippen LogP contribution in [0.4, 0.5) is 0 Å². The Morgan fingerprint density at radius 2 is 2.29 bits per heavy atom. The molecule has 0 atom stereocenters. The van der Waals surface area contributed by atoms with Crippen molar-refractivity contribution in [1.82, 2.24) is 20.4 Å². The molecule has 0 aromatic carbocycles. The molecular formula is C13H19BrIN5S. The van der Waals surface area contributed by atoms with Crippen LogP contribution < -0.4 is 10.6 Å². The summed E-state index contributed by atoms with van der Waals surface area (Å²) in [6.07, 6.45) is 1.79. The Labute approximate surface area is 154 Å². The molecule has 0 saturated heterocycles. The molecular weight excluding hydrogens is 465 g/mol. The van der Waals surface area contributed by atoms with Gasteiger partial charge in [0.25, 0.3) is 0 Å². The molecule has 2 aromatic heterocycles. The number of hydrogen-bond acceptors (Lipinski definition) is 3. The summed E-state index contributed by atoms with van der Waals surface area (Å²) >= 11 is 5.18. The standard InChI is InChI=1S/C13H18BrN5S.HI/c1-3-15-13(16-7-11-4-5-18-19(11)2)17-8-12-6-10(14)9-20-12;/h4-6,9H,3,7-8H2,1-2H3,(H2,15,16,17);1H. The van der Waals surface area contributed by atoms with E-state index >= 15 is 0 Å². The van der Waals surface area contributed by atoms with Gasteiger partial charge >= 0.3 is 0 Å². The van der Waals surface area contributed by atoms with Crippen molar-refractivity contribution in [1.29, 1.82) is 0 Å². The first kappa shape index (κ1) is 18.4. The minimum Gasteiger partial charge on any atom is -0.357 e. The lowest BCUT2D eigenvalue weighted by atomic mass is 10.4. The van der Waals surface area contributed by atoms with Crippen LogP contribution in [0.2, 0.25) is 0 Å². The topological polar surface area (TPSA) is 54.2 Å². The Morgan fingerprint density at radius 1 is 1.48 bits per heavy atom. The number of nitrogens with one attached hydrogen (secondary N) is 2. The van der Waals surface area contributed by atoms with Crippen molar-refractivity contribution < 1.29 is 0 Å². The number of aliphatic imine (C=N–C) groups is 1. The first-order valence-corrected chi connectivity index (χ1v) is 8.08. The molecule has 0 saturated carbocycles. The van der Waals surface area contributed by atoms with Crippen LogP contribution >= 0.6 is 51.2 Å². The molecule has 0 amide bonds. The zero-order valence-electron chi connectivity index (χ0n) is 12.0. The molecule has 0 radical (unpaired) electrons. The van der Waals surface area contributed by atoms with Gasteiger partial charge < -0.3 is 10.6 Å². The Morgan fingerprint density at radius 3 is 2.86 bits per heavy atom. The van der Waals surface area contributed by atoms with E-state index in [2.05, 4.69) is 55.0 Å². The highest BCUT2D eigenvalue weighted by Crippen LogP contribution is 2.19. The fraction of sp³-hybridized carbons (Fsp3) is 0.385. The van der Waals surface area contributed by atoms with Crippen LogP contribution in [0, 0.1) is 0 Å². The number of rotatable bonds is 5. The van der Waals surface area contributed by atoms with Crippen molar-refractivity contribution in [2.75, 3.05) is 6.54 Å². The van der Waals surface area contributed by atoms with E-state index in [1.807, 2.05) is 17.8 Å². The van der Waals surface area contributed by atoms with Crippen LogP contribution in [0.15, 0.2) is 33.2 Å². The van der Waals surface area contributed by atoms with Gasteiger partial charge in [-0.25, -0.2) is 4.99 Å². The second-order valence-corrected chi connectivity index (χ2v) is 6.14. The summed E-state index contributed by atoms with van der Waals surface area (Å²) in [5, 5.41) is 12.8. The average molecular weight is 484 g/mol. The number of guanidine groups is 1. The first-order chi connectivity index (χ1) is 9.69. The van der Waals surface area contributed by atoms with Crippen LogP contribution in [0.5, 0.6) is 0 Å². The number of thiophene rings is 1. The summed E-state index contributed by atoms with van der Waals surface area (Å²) in [5.41, 5.74) is 1.08. The van der Waals surface area contributed by atoms with Crippen LogP contribution in [0.1, 0.15) is 17.5 Å². The van der Waals surface area contributed by atoms with Crippen LogP contribution in [0.3, 0.4) is 0 Å². The van der Waals surface area contributed by atoms with Gasteiger partial charge in [-0.05, 0) is 35.0 Å². The zero-order valence-corrected chi connectivity index (χ0v) is 16.7. The Kier molecular flexibility index (Phi) is 8.27. The molecule has 2 aromatic rings. The van der Waals surface area contributed by atoms with Crippen molar-refractivity contribution >= 4 is 57.2 Å². The molecule has 116 valence electrons. The summed E-state index contributed by atoms with van der Waals surface area (Å²) in [5.74, 6) is 0.818. The maximum absolute atomic E-state index is 4.57. The van der Waals surface area contributed by atoms with Crippen LogP contribution in [0.25, 0.3) is 0 Å². The first-order valence-electron chi connectivity index (χ1n) is 6.41. The van der Waals surface area contributed by atoms with E-state index in [9.17, 15) is 0 Å². The van der Waals surface area contributed by atoms with E-state index in [0.29, 0.717) is 6.54 Å². The predicted molar refractivity (Wildman–Crippen MR) is 102 cm³/mol. The highest BCUT2D eigenvalue weighted by atomic mass is 127. The third-order valence-electron chi connectivity index (χ3n) is 2.72. The molecule has 21 heavy (non-hydrogen) atoms. The molecule has 0 spiro atoms. The molecule has 2 heterocycles. The number of halogens is 2. The predicted octanol–water partition coefficient (Wildman–Crippen LogP) is 3.12. The minimum atomic E-state index is 0. The SMILES string of the molecule is CCNC(=NCc1ccnn1C)NCc1cc(Br)cs1.I. The van der Waals surface area contributed by atoms with Gasteiger partial charge in [-0.3, -0.25) is 4.68 Å². The number of aromatic nitrogens is 2. The van der Waals surface area contributed by atoms with Crippen molar-refractivity contribution in [2.24, 2.45) is 12.0 Å². The van der Waals surface area contributed by atoms with Gasteiger partial charge in [-0.1, -0.05) is 0 Å². The van der Waals surface area contributed by atoms with E-state index in [4.69, 9.17) is 0 Å². The quantitative estimate of drug-likeness (QED) is 0.390. The third kappa shape index (κ3) is 5.95. The maximum Gasteiger partial charge on any atom is 0.191 e. The summed E-state index contributed by atoms with van der Waals surface area (Å²) < 4.78 is 2.96. The van der Waals surface area contributed by atoms with Crippen molar-refractivity contribution in [3.63, 3.8) is 0 Å². The van der Waals surface area contributed by atoms with Gasteiger partial charge in [0, 0.05) is 34.5 Å². The monoisotopic (exact) mass is 483 g/mol. The van der Waals surface area contributed by atoms with Crippen molar-refractivity contribution in [3.05, 3.63) is 38.8 Å². The van der Waals surface area contributed by atoms with E-state index in [1.165, 1.54) is 4.88 Å². The lowest BCUT2D eigenvalue weighted by Crippen LogP contribution is -2.36. The molecule has 0 bridgehead atoms. The summed E-state index contributed by atoms with van der Waals surface area (Å²) in [4.78, 5) is 5.83. The van der Waals surface area contributed by atoms with Crippen LogP contribution in [-0.4, -0.2) is 22.3 Å².